The minimum atomic E-state index is -0.213. The zero-order valence-corrected chi connectivity index (χ0v) is 12.7. The third-order valence-corrected chi connectivity index (χ3v) is 4.08. The second kappa shape index (κ2) is 6.12. The number of hydrogen-bond acceptors (Lipinski definition) is 4. The maximum absolute atomic E-state index is 12.1. The normalized spacial score (nSPS) is 20.1. The fourth-order valence-electron chi connectivity index (χ4n) is 2.59. The summed E-state index contributed by atoms with van der Waals surface area (Å²) in [6.45, 7) is 1.73. The number of phenols is 2. The first-order valence-corrected chi connectivity index (χ1v) is 7.47. The molecule has 2 aromatic carbocycles. The molecular weight excluding hydrogens is 292 g/mol. The first kappa shape index (κ1) is 15.1. The highest BCUT2D eigenvalue weighted by Gasteiger charge is 2.43. The summed E-state index contributed by atoms with van der Waals surface area (Å²) in [5.41, 5.74) is 4.96. The van der Waals surface area contributed by atoms with Crippen molar-refractivity contribution in [1.29, 1.82) is 0 Å². The van der Waals surface area contributed by atoms with Crippen LogP contribution in [-0.4, -0.2) is 21.8 Å². The third-order valence-electron chi connectivity index (χ3n) is 4.08. The molecule has 0 heterocycles. The molecule has 0 saturated heterocycles. The van der Waals surface area contributed by atoms with Crippen LogP contribution in [0.1, 0.15) is 30.4 Å². The van der Waals surface area contributed by atoms with Gasteiger partial charge in [0, 0.05) is 11.5 Å². The highest BCUT2D eigenvalue weighted by atomic mass is 16.3. The van der Waals surface area contributed by atoms with Crippen LogP contribution in [0.4, 0.5) is 0 Å². The van der Waals surface area contributed by atoms with E-state index in [1.54, 1.807) is 13.0 Å². The molecule has 0 unspecified atom stereocenters. The maximum atomic E-state index is 12.1. The van der Waals surface area contributed by atoms with E-state index in [2.05, 4.69) is 10.5 Å². The van der Waals surface area contributed by atoms with Crippen molar-refractivity contribution < 1.29 is 15.0 Å². The van der Waals surface area contributed by atoms with Crippen LogP contribution in [0.3, 0.4) is 0 Å². The Balaban J connectivity index is 1.61. The van der Waals surface area contributed by atoms with Gasteiger partial charge in [0.15, 0.2) is 11.5 Å². The summed E-state index contributed by atoms with van der Waals surface area (Å²) in [6.07, 6.45) is 0.838. The molecule has 0 spiro atoms. The molecule has 3 N–H and O–H groups in total. The number of benzene rings is 2. The van der Waals surface area contributed by atoms with Crippen LogP contribution in [0.15, 0.2) is 53.6 Å². The van der Waals surface area contributed by atoms with Crippen molar-refractivity contribution in [3.8, 4) is 11.5 Å². The number of nitrogens with one attached hydrogen (secondary N) is 1. The van der Waals surface area contributed by atoms with E-state index >= 15 is 0 Å². The van der Waals surface area contributed by atoms with Gasteiger partial charge in [0.2, 0.25) is 5.91 Å². The van der Waals surface area contributed by atoms with E-state index in [-0.39, 0.29) is 29.2 Å². The molecule has 1 saturated carbocycles. The van der Waals surface area contributed by atoms with E-state index in [0.717, 1.165) is 6.42 Å². The van der Waals surface area contributed by atoms with Crippen molar-refractivity contribution in [3.63, 3.8) is 0 Å². The number of aromatic hydroxyl groups is 2. The van der Waals surface area contributed by atoms with E-state index < -0.39 is 0 Å². The van der Waals surface area contributed by atoms with E-state index in [0.29, 0.717) is 11.3 Å². The molecule has 0 aromatic heterocycles. The van der Waals surface area contributed by atoms with Gasteiger partial charge in [-0.2, -0.15) is 5.10 Å². The van der Waals surface area contributed by atoms with Crippen LogP contribution in [0.25, 0.3) is 0 Å². The molecule has 5 heteroatoms. The smallest absolute Gasteiger partial charge is 0.243 e. The van der Waals surface area contributed by atoms with Gasteiger partial charge in [-0.25, -0.2) is 5.43 Å². The molecule has 1 aliphatic carbocycles. The van der Waals surface area contributed by atoms with Crippen LogP contribution < -0.4 is 5.43 Å². The Morgan fingerprint density at radius 1 is 1.13 bits per heavy atom. The molecule has 0 radical (unpaired) electrons. The summed E-state index contributed by atoms with van der Waals surface area (Å²) in [5, 5.41) is 22.9. The standard InChI is InChI=1S/C18H18N2O3/c1-11(13-7-8-16(21)17(22)9-13)19-20-18(23)15-10-14(15)12-5-3-2-4-6-12/h2-9,14-15,21-22H,10H2,1H3,(H,20,23)/b19-11-/t14-,15-/m0/s1. The van der Waals surface area contributed by atoms with E-state index in [9.17, 15) is 15.0 Å². The van der Waals surface area contributed by atoms with Crippen molar-refractivity contribution in [3.05, 3.63) is 59.7 Å². The van der Waals surface area contributed by atoms with Gasteiger partial charge in [0.1, 0.15) is 0 Å². The molecule has 23 heavy (non-hydrogen) atoms. The molecule has 118 valence electrons. The number of carbonyl (C=O) groups is 1. The number of hydrazone groups is 1. The highest BCUT2D eigenvalue weighted by molar-refractivity contribution is 6.00. The molecule has 1 fully saturated rings. The second-order valence-corrected chi connectivity index (χ2v) is 5.74. The number of phenolic OH excluding ortho intramolecular Hbond substituents is 2. The van der Waals surface area contributed by atoms with Crippen LogP contribution in [0, 0.1) is 5.92 Å². The van der Waals surface area contributed by atoms with Gasteiger partial charge in [-0.3, -0.25) is 4.79 Å². The van der Waals surface area contributed by atoms with Gasteiger partial charge in [-0.05, 0) is 43.0 Å². The summed E-state index contributed by atoms with van der Waals surface area (Å²) in [5.74, 6) is -0.267. The Morgan fingerprint density at radius 3 is 2.57 bits per heavy atom. The lowest BCUT2D eigenvalue weighted by Gasteiger charge is -2.04. The van der Waals surface area contributed by atoms with Crippen LogP contribution in [-0.2, 0) is 4.79 Å². The number of hydrogen-bond donors (Lipinski definition) is 3. The van der Waals surface area contributed by atoms with Crippen LogP contribution in [0.2, 0.25) is 0 Å². The predicted octanol–water partition coefficient (Wildman–Crippen LogP) is 2.74. The van der Waals surface area contributed by atoms with E-state index in [1.165, 1.54) is 17.7 Å². The summed E-state index contributed by atoms with van der Waals surface area (Å²) in [4.78, 5) is 12.1. The summed E-state index contributed by atoms with van der Waals surface area (Å²) < 4.78 is 0. The Kier molecular flexibility index (Phi) is 4.02. The molecule has 0 aliphatic heterocycles. The Labute approximate surface area is 134 Å². The fraction of sp³-hybridized carbons (Fsp3) is 0.222. The van der Waals surface area contributed by atoms with Gasteiger partial charge < -0.3 is 10.2 Å². The number of carbonyl (C=O) groups excluding carboxylic acids is 1. The van der Waals surface area contributed by atoms with Crippen molar-refractivity contribution >= 4 is 11.6 Å². The maximum Gasteiger partial charge on any atom is 0.243 e. The number of nitrogens with zero attached hydrogens (tertiary/aromatic N) is 1. The van der Waals surface area contributed by atoms with Gasteiger partial charge in [-0.15, -0.1) is 0 Å². The third kappa shape index (κ3) is 3.34. The molecule has 0 bridgehead atoms. The Morgan fingerprint density at radius 2 is 1.87 bits per heavy atom. The predicted molar refractivity (Wildman–Crippen MR) is 87.4 cm³/mol. The summed E-state index contributed by atoms with van der Waals surface area (Å²) >= 11 is 0. The Hall–Kier alpha value is -2.82. The van der Waals surface area contributed by atoms with Gasteiger partial charge in [-0.1, -0.05) is 30.3 Å². The number of rotatable bonds is 4. The highest BCUT2D eigenvalue weighted by Crippen LogP contribution is 2.47. The topological polar surface area (TPSA) is 81.9 Å². The fourth-order valence-corrected chi connectivity index (χ4v) is 2.59. The molecule has 1 aliphatic rings. The minimum Gasteiger partial charge on any atom is -0.504 e. The lowest BCUT2D eigenvalue weighted by atomic mass is 10.1. The molecule has 5 nitrogen and oxygen atoms in total. The average molecular weight is 310 g/mol. The second-order valence-electron chi connectivity index (χ2n) is 5.74. The van der Waals surface area contributed by atoms with Crippen LogP contribution >= 0.6 is 0 Å². The molecule has 1 amide bonds. The van der Waals surface area contributed by atoms with Crippen LogP contribution in [0.5, 0.6) is 11.5 Å². The monoisotopic (exact) mass is 310 g/mol. The van der Waals surface area contributed by atoms with Crippen molar-refractivity contribution in [2.45, 2.75) is 19.3 Å². The first-order chi connectivity index (χ1) is 11.1. The molecule has 2 atom stereocenters. The summed E-state index contributed by atoms with van der Waals surface area (Å²) in [7, 11) is 0. The largest absolute Gasteiger partial charge is 0.504 e. The van der Waals surface area contributed by atoms with Gasteiger partial charge in [0.25, 0.3) is 0 Å². The first-order valence-electron chi connectivity index (χ1n) is 7.47. The van der Waals surface area contributed by atoms with Crippen molar-refractivity contribution in [2.24, 2.45) is 11.0 Å². The SMILES string of the molecule is C/C(=N/NC(=O)[C@H]1C[C@H]1c1ccccc1)c1ccc(O)c(O)c1. The average Bonchev–Trinajstić information content (AvgIpc) is 3.36. The molecular formula is C18H18N2O3. The summed E-state index contributed by atoms with van der Waals surface area (Å²) in [6, 6.07) is 14.4. The van der Waals surface area contributed by atoms with Gasteiger partial charge in [0.05, 0.1) is 5.71 Å². The van der Waals surface area contributed by atoms with E-state index in [1.807, 2.05) is 30.3 Å². The van der Waals surface area contributed by atoms with E-state index in [4.69, 9.17) is 0 Å². The zero-order valence-electron chi connectivity index (χ0n) is 12.7. The lowest BCUT2D eigenvalue weighted by molar-refractivity contribution is -0.122. The van der Waals surface area contributed by atoms with Crippen molar-refractivity contribution in [1.82, 2.24) is 5.43 Å². The Bertz CT molecular complexity index is 756. The van der Waals surface area contributed by atoms with Gasteiger partial charge >= 0.3 is 0 Å². The molecule has 2 aromatic rings. The molecule has 3 rings (SSSR count). The number of amides is 1. The quantitative estimate of drug-likeness (QED) is 0.461. The lowest BCUT2D eigenvalue weighted by Crippen LogP contribution is -2.21. The minimum absolute atomic E-state index is 0.0397. The zero-order chi connectivity index (χ0) is 16.4. The van der Waals surface area contributed by atoms with Crippen molar-refractivity contribution in [2.75, 3.05) is 0 Å².